The lowest BCUT2D eigenvalue weighted by atomic mass is 9.72. The van der Waals surface area contributed by atoms with Crippen LogP contribution in [0.5, 0.6) is 0 Å². The summed E-state index contributed by atoms with van der Waals surface area (Å²) in [6.07, 6.45) is 6.30. The maximum Gasteiger partial charge on any atom is 0.337 e. The number of methoxy groups -OCH3 is 1. The Morgan fingerprint density at radius 2 is 1.63 bits per heavy atom. The van der Waals surface area contributed by atoms with E-state index < -0.39 is 5.92 Å². The van der Waals surface area contributed by atoms with E-state index in [1.165, 1.54) is 24.7 Å². The van der Waals surface area contributed by atoms with Crippen LogP contribution < -0.4 is 3.93 Å². The van der Waals surface area contributed by atoms with E-state index in [-0.39, 0.29) is 11.9 Å². The molecule has 0 saturated heterocycles. The third kappa shape index (κ3) is 6.63. The Hall–Kier alpha value is -3.18. The highest BCUT2D eigenvalue weighted by atomic mass is 79.9. The zero-order valence-electron chi connectivity index (χ0n) is 22.6. The molecule has 0 heterocycles. The predicted octanol–water partition coefficient (Wildman–Crippen LogP) is 8.37. The van der Waals surface area contributed by atoms with Gasteiger partial charge in [-0.3, -0.25) is 4.79 Å². The summed E-state index contributed by atoms with van der Waals surface area (Å²) in [5.41, 5.74) is 6.15. The molecule has 4 rings (SSSR count). The summed E-state index contributed by atoms with van der Waals surface area (Å²) in [7, 11) is 1.37. The van der Waals surface area contributed by atoms with E-state index >= 15 is 0 Å². The molecule has 0 fully saturated rings. The number of hydrogen-bond acceptors (Lipinski definition) is 3. The largest absolute Gasteiger partial charge is 0.465 e. The number of anilines is 1. The molecule has 0 radical (unpaired) electrons. The maximum atomic E-state index is 13.8. The Morgan fingerprint density at radius 3 is 2.18 bits per heavy atom. The van der Waals surface area contributed by atoms with Gasteiger partial charge in [0.15, 0.2) is 0 Å². The minimum Gasteiger partial charge on any atom is -0.465 e. The van der Waals surface area contributed by atoms with Gasteiger partial charge in [-0.15, -0.1) is 0 Å². The summed E-state index contributed by atoms with van der Waals surface area (Å²) >= 11 is 3.51. The minimum absolute atomic E-state index is 0.0501. The lowest BCUT2D eigenvalue weighted by Gasteiger charge is -2.33. The number of hydrogen-bond donors (Lipinski definition) is 0. The van der Waals surface area contributed by atoms with Gasteiger partial charge in [-0.1, -0.05) is 81.4 Å². The summed E-state index contributed by atoms with van der Waals surface area (Å²) < 4.78 is 6.36. The van der Waals surface area contributed by atoms with Crippen LogP contribution in [0.4, 0.5) is 5.69 Å². The number of carbonyl (C=O) groups excluding carboxylic acids is 2. The summed E-state index contributed by atoms with van der Waals surface area (Å²) in [6.45, 7) is 6.98. The van der Waals surface area contributed by atoms with Crippen molar-refractivity contribution in [3.8, 4) is 0 Å². The smallest absolute Gasteiger partial charge is 0.337 e. The average molecular weight is 575 g/mol. The Morgan fingerprint density at radius 1 is 0.974 bits per heavy atom. The molecule has 0 N–H and O–H groups in total. The van der Waals surface area contributed by atoms with E-state index in [2.05, 4.69) is 67.3 Å². The molecule has 1 aliphatic rings. The number of halogens is 1. The normalized spacial score (nSPS) is 16.3. The van der Waals surface area contributed by atoms with Crippen molar-refractivity contribution in [2.45, 2.75) is 52.4 Å². The van der Waals surface area contributed by atoms with E-state index in [1.807, 2.05) is 42.5 Å². The summed E-state index contributed by atoms with van der Waals surface area (Å²) in [5, 5.41) is 0. The fourth-order valence-corrected chi connectivity index (χ4v) is 5.60. The van der Waals surface area contributed by atoms with Gasteiger partial charge >= 0.3 is 5.97 Å². The molecule has 1 amide bonds. The monoisotopic (exact) mass is 573 g/mol. The number of amides is 1. The molecular weight excluding hydrogens is 538 g/mol. The van der Waals surface area contributed by atoms with Gasteiger partial charge in [0.05, 0.1) is 40.4 Å². The van der Waals surface area contributed by atoms with Crippen LogP contribution in [-0.4, -0.2) is 19.0 Å². The van der Waals surface area contributed by atoms with Crippen LogP contribution in [0.2, 0.25) is 0 Å². The highest BCUT2D eigenvalue weighted by molar-refractivity contribution is 9.10. The molecule has 0 spiro atoms. The minimum atomic E-state index is -0.404. The molecule has 0 bridgehead atoms. The van der Waals surface area contributed by atoms with Gasteiger partial charge in [0.1, 0.15) is 0 Å². The lowest BCUT2D eigenvalue weighted by Crippen LogP contribution is -2.28. The molecule has 0 aromatic heterocycles. The molecule has 2 unspecified atom stereocenters. The fraction of sp³-hybridized carbons (Fsp3) is 0.333. The molecule has 0 saturated carbocycles. The standard InChI is InChI=1S/C33H36BrNO3/c1-33(2,3)28-20-18-25(19-21-28)24-14-16-26(17-15-24)30(31(36)35(34)29-8-6-5-7-9-29)22-23-10-12-27(13-11-23)32(37)38-4/h5-18,28,30H,19-22H2,1-4H3. The Kier molecular flexibility index (Phi) is 8.88. The van der Waals surface area contributed by atoms with E-state index in [4.69, 9.17) is 4.74 Å². The molecule has 3 aromatic carbocycles. The summed E-state index contributed by atoms with van der Waals surface area (Å²) in [6, 6.07) is 25.3. The van der Waals surface area contributed by atoms with E-state index in [1.54, 1.807) is 16.1 Å². The molecule has 3 aromatic rings. The Labute approximate surface area is 235 Å². The van der Waals surface area contributed by atoms with Gasteiger partial charge in [0.25, 0.3) is 0 Å². The van der Waals surface area contributed by atoms with Gasteiger partial charge in [-0.25, -0.2) is 8.72 Å². The van der Waals surface area contributed by atoms with Crippen LogP contribution >= 0.6 is 16.1 Å². The predicted molar refractivity (Wildman–Crippen MR) is 158 cm³/mol. The lowest BCUT2D eigenvalue weighted by molar-refractivity contribution is -0.118. The number of rotatable bonds is 7. The zero-order chi connectivity index (χ0) is 27.3. The van der Waals surface area contributed by atoms with Gasteiger partial charge < -0.3 is 4.74 Å². The fourth-order valence-electron chi connectivity index (χ4n) is 5.11. The van der Waals surface area contributed by atoms with Gasteiger partial charge in [-0.05, 0) is 83.5 Å². The van der Waals surface area contributed by atoms with Crippen molar-refractivity contribution in [2.75, 3.05) is 11.0 Å². The van der Waals surface area contributed by atoms with Crippen LogP contribution in [-0.2, 0) is 16.0 Å². The van der Waals surface area contributed by atoms with Crippen LogP contribution in [0.3, 0.4) is 0 Å². The van der Waals surface area contributed by atoms with Crippen LogP contribution in [0, 0.1) is 11.3 Å². The Bertz CT molecular complexity index is 1270. The van der Waals surface area contributed by atoms with E-state index in [9.17, 15) is 9.59 Å². The molecule has 198 valence electrons. The van der Waals surface area contributed by atoms with E-state index in [0.717, 1.165) is 29.7 Å². The number of ether oxygens (including phenoxy) is 1. The van der Waals surface area contributed by atoms with Gasteiger partial charge in [0, 0.05) is 0 Å². The van der Waals surface area contributed by atoms with Crippen LogP contribution in [0.1, 0.15) is 73.0 Å². The van der Waals surface area contributed by atoms with Crippen molar-refractivity contribution in [2.24, 2.45) is 11.3 Å². The first kappa shape index (κ1) is 27.8. The Balaban J connectivity index is 1.59. The molecule has 5 heteroatoms. The van der Waals surface area contributed by atoms with Crippen LogP contribution in [0.25, 0.3) is 5.57 Å². The third-order valence-corrected chi connectivity index (χ3v) is 8.37. The number of benzene rings is 3. The number of esters is 1. The first-order valence-electron chi connectivity index (χ1n) is 13.2. The van der Waals surface area contributed by atoms with Crippen molar-refractivity contribution >= 4 is 39.3 Å². The third-order valence-electron chi connectivity index (χ3n) is 7.61. The zero-order valence-corrected chi connectivity index (χ0v) is 24.2. The average Bonchev–Trinajstić information content (AvgIpc) is 2.95. The van der Waals surface area contributed by atoms with Gasteiger partial charge in [0.2, 0.25) is 5.91 Å². The second-order valence-corrected chi connectivity index (χ2v) is 11.8. The van der Waals surface area contributed by atoms with Crippen molar-refractivity contribution in [1.29, 1.82) is 0 Å². The topological polar surface area (TPSA) is 46.6 Å². The molecular formula is C33H36BrNO3. The second-order valence-electron chi connectivity index (χ2n) is 11.1. The summed E-state index contributed by atoms with van der Waals surface area (Å²) in [4.78, 5) is 25.6. The molecule has 4 nitrogen and oxygen atoms in total. The molecule has 38 heavy (non-hydrogen) atoms. The highest BCUT2D eigenvalue weighted by Gasteiger charge is 2.28. The van der Waals surface area contributed by atoms with Crippen LogP contribution in [0.15, 0.2) is 84.9 Å². The molecule has 1 aliphatic carbocycles. The summed E-state index contributed by atoms with van der Waals surface area (Å²) in [5.74, 6) is -0.119. The number of nitrogens with zero attached hydrogens (tertiary/aromatic N) is 1. The van der Waals surface area contributed by atoms with Crippen molar-refractivity contribution in [1.82, 2.24) is 0 Å². The number of carbonyl (C=O) groups is 2. The van der Waals surface area contributed by atoms with Crippen molar-refractivity contribution < 1.29 is 14.3 Å². The maximum absolute atomic E-state index is 13.8. The second kappa shape index (κ2) is 12.1. The van der Waals surface area contributed by atoms with Crippen molar-refractivity contribution in [3.63, 3.8) is 0 Å². The van der Waals surface area contributed by atoms with Gasteiger partial charge in [-0.2, -0.15) is 0 Å². The van der Waals surface area contributed by atoms with E-state index in [0.29, 0.717) is 23.3 Å². The SMILES string of the molecule is COC(=O)c1ccc(CC(C(=O)N(Br)c2ccccc2)c2ccc(C3=CCC(C(C)(C)C)CC3)cc2)cc1. The molecule has 0 aliphatic heterocycles. The number of allylic oxidation sites excluding steroid dienone is 2. The first-order valence-corrected chi connectivity index (χ1v) is 13.9. The first-order chi connectivity index (χ1) is 18.2. The number of para-hydroxylation sites is 1. The highest BCUT2D eigenvalue weighted by Crippen LogP contribution is 2.40. The quantitative estimate of drug-likeness (QED) is 0.210. The molecule has 2 atom stereocenters. The van der Waals surface area contributed by atoms with Crippen molar-refractivity contribution in [3.05, 3.63) is 107 Å².